The molecule has 6 heterocycles. The van der Waals surface area contributed by atoms with Gasteiger partial charge in [-0.25, -0.2) is 42.8 Å². The molecule has 0 bridgehead atoms. The van der Waals surface area contributed by atoms with Gasteiger partial charge < -0.3 is 65.3 Å². The molecule has 2 amide bonds. The molecule has 0 aliphatic carbocycles. The van der Waals surface area contributed by atoms with Gasteiger partial charge in [0.15, 0.2) is 29.3 Å². The summed E-state index contributed by atoms with van der Waals surface area (Å²) >= 11 is 0. The number of hydrogen-bond acceptors (Lipinski definition) is 17. The maximum atomic E-state index is 14.1. The molecule has 2 aromatic heterocycles. The Hall–Kier alpha value is -6.70. The predicted molar refractivity (Wildman–Crippen MR) is 290 cm³/mol. The third kappa shape index (κ3) is 11.3. The number of nitrogen functional groups attached to an aromatic ring is 1. The van der Waals surface area contributed by atoms with E-state index in [0.717, 1.165) is 50.8 Å². The van der Waals surface area contributed by atoms with Crippen LogP contribution < -0.4 is 46.0 Å². The molecule has 426 valence electrons. The number of phosphoric acid groups is 1. The minimum absolute atomic E-state index is 0.0404. The summed E-state index contributed by atoms with van der Waals surface area (Å²) in [5.74, 6) is -0.920. The number of carboxylic acid groups (broad SMARTS) is 1. The predicted octanol–water partition coefficient (Wildman–Crippen LogP) is 3.89. The number of likely N-dealkylation sites (N-methyl/N-ethyl adjacent to an activating group) is 2. The van der Waals surface area contributed by atoms with Crippen molar-refractivity contribution >= 4 is 80.7 Å². The number of fused-ring (bicyclic) bond motifs is 5. The Morgan fingerprint density at radius 3 is 2.27 bits per heavy atom. The summed E-state index contributed by atoms with van der Waals surface area (Å²) in [6.45, 7) is 16.5. The van der Waals surface area contributed by atoms with Gasteiger partial charge in [-0.15, -0.1) is 4.86 Å². The second-order valence-electron chi connectivity index (χ2n) is 20.4. The molecule has 6 atom stereocenters. The van der Waals surface area contributed by atoms with E-state index in [2.05, 4.69) is 93.1 Å². The van der Waals surface area contributed by atoms with Crippen LogP contribution in [-0.2, 0) is 32.0 Å². The van der Waals surface area contributed by atoms with Crippen LogP contribution >= 0.6 is 23.3 Å². The number of allylic oxidation sites excluding steroid dienone is 2. The van der Waals surface area contributed by atoms with Crippen LogP contribution in [0.4, 0.5) is 16.3 Å². The monoisotopic (exact) mass is 1170 g/mol. The van der Waals surface area contributed by atoms with Gasteiger partial charge in [-0.3, -0.25) is 13.9 Å². The highest BCUT2D eigenvalue weighted by atomic mass is 31.3. The van der Waals surface area contributed by atoms with Crippen LogP contribution in [0.25, 0.3) is 27.9 Å². The first-order chi connectivity index (χ1) is 37.4. The van der Waals surface area contributed by atoms with Gasteiger partial charge in [0, 0.05) is 78.3 Å². The number of rotatable bonds is 17. The third-order valence-corrected chi connectivity index (χ3v) is 18.3. The standard InChI is InChI=1S/C50H59N10O17P3/c1-9-59-34-18-36-32(16-29(34)25(3)20-49(59,5)6)39(33-17-30-26(4)21-50(7,8)60(10-2)35(30)19-37(33)74-36)31-15-27(11-12-28(31)47(63)64)45(62)52-13-14-53-48(65)76-42-38(22-73-80(71,72)77-79(69,70)57-78(66,67)68)75-46(41(42)61)58-24-56-40-43(51)54-23-55-44(40)58/h11-12,15-21,23-24,38,41-42,46,61H,9-10,13-14,22H2,1-8H3,(H9-,51,52,53,54,55,57,62,63,64,65,66,67,68,69,70,71,72)/p+1/t38-,41-,42-,46-/m1/s1. The van der Waals surface area contributed by atoms with E-state index in [0.29, 0.717) is 40.9 Å². The van der Waals surface area contributed by atoms with Crippen LogP contribution in [0.15, 0.2) is 67.3 Å². The van der Waals surface area contributed by atoms with Crippen LogP contribution in [0.5, 0.6) is 11.5 Å². The highest BCUT2D eigenvalue weighted by molar-refractivity contribution is 7.70. The molecule has 2 unspecified atom stereocenters. The number of nitrogens with two attached hydrogens (primary N) is 1. The number of aliphatic hydroxyl groups excluding tert-OH is 1. The molecular formula is C50H60N10O17P3+. The highest BCUT2D eigenvalue weighted by Crippen LogP contribution is 2.61. The molecule has 0 radical (unpaired) electrons. The molecule has 1 saturated heterocycles. The third-order valence-electron chi connectivity index (χ3n) is 14.1. The number of hydrogen-bond donors (Lipinski definition) is 10. The SMILES string of the molecule is CCN1c2cc3c(cc2C(C)=CC1(C)C)C(c1cc(C(=O)NCCNC(=O)O[C@H]2[C@@H](O)[C@H](n4cnc5c(N)ncnc54)O[C@@H]2COP(=O)(O)OP(=O)(O)NP(=O)(O)O)ccc1C(=O)O)=c1cc2c(cc1O3)=[N+](CC)C(C)(C)C=C2C. The maximum absolute atomic E-state index is 14.1. The fraction of sp³-hybridized carbons (Fsp3) is 0.380. The molecule has 0 saturated carbocycles. The van der Waals surface area contributed by atoms with Gasteiger partial charge >= 0.3 is 35.4 Å². The van der Waals surface area contributed by atoms with E-state index in [1.54, 1.807) is 0 Å². The number of aromatic nitrogens is 4. The molecular weight excluding hydrogens is 1110 g/mol. The first-order valence-corrected chi connectivity index (χ1v) is 29.7. The molecule has 1 fully saturated rings. The number of ether oxygens (including phenoxy) is 3. The average molecular weight is 1170 g/mol. The lowest BCUT2D eigenvalue weighted by molar-refractivity contribution is -0.0507. The Morgan fingerprint density at radius 2 is 1.59 bits per heavy atom. The number of carbonyl (C=O) groups is 3. The van der Waals surface area contributed by atoms with Crippen LogP contribution in [0.3, 0.4) is 0 Å². The topological polar surface area (TPSA) is 382 Å². The van der Waals surface area contributed by atoms with Crippen LogP contribution in [-0.4, -0.2) is 129 Å². The van der Waals surface area contributed by atoms with Gasteiger partial charge in [-0.2, -0.15) is 4.31 Å². The van der Waals surface area contributed by atoms with Crippen molar-refractivity contribution in [2.75, 3.05) is 43.4 Å². The normalized spacial score (nSPS) is 21.4. The van der Waals surface area contributed by atoms with Crippen molar-refractivity contribution in [2.24, 2.45) is 0 Å². The van der Waals surface area contributed by atoms with Crippen LogP contribution in [0, 0.1) is 0 Å². The zero-order valence-electron chi connectivity index (χ0n) is 44.5. The smallest absolute Gasteiger partial charge is 0.478 e. The molecule has 80 heavy (non-hydrogen) atoms. The van der Waals surface area contributed by atoms with Crippen molar-refractivity contribution in [3.63, 3.8) is 0 Å². The van der Waals surface area contributed by atoms with Crippen molar-refractivity contribution in [2.45, 2.75) is 91.0 Å². The number of aliphatic hydroxyl groups is 1. The van der Waals surface area contributed by atoms with E-state index in [4.69, 9.17) is 34.3 Å². The van der Waals surface area contributed by atoms with E-state index in [1.807, 2.05) is 38.1 Å². The van der Waals surface area contributed by atoms with Crippen molar-refractivity contribution in [3.8, 4) is 11.5 Å². The van der Waals surface area contributed by atoms with Gasteiger partial charge in [0.05, 0.1) is 30.1 Å². The van der Waals surface area contributed by atoms with Crippen LogP contribution in [0.1, 0.15) is 105 Å². The summed E-state index contributed by atoms with van der Waals surface area (Å²) in [7, 11) is -16.8. The lowest BCUT2D eigenvalue weighted by atomic mass is 9.83. The molecule has 5 aromatic rings. The first kappa shape index (κ1) is 58.0. The van der Waals surface area contributed by atoms with E-state index >= 15 is 0 Å². The van der Waals surface area contributed by atoms with Gasteiger partial charge in [0.2, 0.25) is 5.36 Å². The second kappa shape index (κ2) is 21.3. The van der Waals surface area contributed by atoms with Gasteiger partial charge in [-0.1, -0.05) is 6.08 Å². The van der Waals surface area contributed by atoms with Crippen molar-refractivity contribution in [1.82, 2.24) is 39.6 Å². The fourth-order valence-corrected chi connectivity index (χ4v) is 14.4. The zero-order valence-corrected chi connectivity index (χ0v) is 47.2. The Morgan fingerprint density at radius 1 is 0.875 bits per heavy atom. The lowest BCUT2D eigenvalue weighted by Crippen LogP contribution is -2.49. The summed E-state index contributed by atoms with van der Waals surface area (Å²) in [4.78, 5) is 94.0. The Kier molecular flexibility index (Phi) is 15.4. The maximum Gasteiger partial charge on any atom is 0.480 e. The number of phosphoric ester groups is 1. The Balaban J connectivity index is 0.984. The summed E-state index contributed by atoms with van der Waals surface area (Å²) < 4.78 is 66.7. The minimum atomic E-state index is -5.68. The number of benzene rings is 3. The van der Waals surface area contributed by atoms with Crippen molar-refractivity contribution < 1.29 is 80.9 Å². The van der Waals surface area contributed by atoms with E-state index in [9.17, 15) is 48.1 Å². The number of alkyl carbamates (subject to hydrolysis) is 1. The van der Waals surface area contributed by atoms with Crippen LogP contribution in [0.2, 0.25) is 0 Å². The Bertz CT molecular complexity index is 3770. The largest absolute Gasteiger partial charge is 0.480 e. The average Bonchev–Trinajstić information content (AvgIpc) is 4.00. The summed E-state index contributed by atoms with van der Waals surface area (Å²) in [6.07, 6.45) is -1.30. The lowest BCUT2D eigenvalue weighted by Gasteiger charge is -2.43. The molecule has 4 aliphatic rings. The number of amides is 2. The van der Waals surface area contributed by atoms with E-state index in [-0.39, 0.29) is 57.8 Å². The molecule has 11 N–H and O–H groups in total. The quantitative estimate of drug-likeness (QED) is 0.0352. The summed E-state index contributed by atoms with van der Waals surface area (Å²) in [6, 6.07) is 12.3. The second-order valence-corrected chi connectivity index (χ2v) is 25.2. The number of nitrogens with one attached hydrogen (secondary N) is 3. The fourth-order valence-electron chi connectivity index (χ4n) is 11.0. The number of nitrogens with zero attached hydrogens (tertiary/aromatic N) is 6. The van der Waals surface area contributed by atoms with Gasteiger partial charge in [-0.05, 0) is 94.7 Å². The van der Waals surface area contributed by atoms with Gasteiger partial charge in [0.25, 0.3) is 5.91 Å². The molecule has 27 nitrogen and oxygen atoms in total. The number of aromatic carboxylic acids is 1. The molecule has 3 aromatic carbocycles. The van der Waals surface area contributed by atoms with Gasteiger partial charge in [0.1, 0.15) is 42.1 Å². The van der Waals surface area contributed by atoms with E-state index in [1.165, 1.54) is 22.8 Å². The molecule has 4 aliphatic heterocycles. The van der Waals surface area contributed by atoms with Crippen molar-refractivity contribution in [1.29, 1.82) is 0 Å². The number of anilines is 2. The highest BCUT2D eigenvalue weighted by Gasteiger charge is 2.50. The summed E-state index contributed by atoms with van der Waals surface area (Å²) in [5.41, 5.74) is 11.7. The molecule has 9 rings (SSSR count). The Labute approximate surface area is 456 Å². The zero-order chi connectivity index (χ0) is 58.2. The molecule has 0 spiro atoms. The van der Waals surface area contributed by atoms with E-state index < -0.39 is 72.4 Å². The number of carbonyl (C=O) groups excluding carboxylic acids is 2. The first-order valence-electron chi connectivity index (χ1n) is 25.0. The number of carboxylic acids is 1. The minimum Gasteiger partial charge on any atom is -0.478 e. The van der Waals surface area contributed by atoms with Crippen molar-refractivity contribution in [3.05, 3.63) is 111 Å². The molecule has 30 heteroatoms. The summed E-state index contributed by atoms with van der Waals surface area (Å²) in [5, 5.41) is 29.0. The number of imidazole rings is 1.